The highest BCUT2D eigenvalue weighted by molar-refractivity contribution is 6.16. The molecular formula is C71H52N4O. The van der Waals surface area contributed by atoms with Crippen LogP contribution >= 0.6 is 0 Å². The molecule has 3 aromatic heterocycles. The zero-order valence-corrected chi connectivity index (χ0v) is 41.7. The van der Waals surface area contributed by atoms with Gasteiger partial charge in [0.05, 0.1) is 58.2 Å². The van der Waals surface area contributed by atoms with E-state index in [1.165, 1.54) is 16.3 Å². The average Bonchev–Trinajstić information content (AvgIpc) is 1.53. The van der Waals surface area contributed by atoms with Crippen molar-refractivity contribution in [2.24, 2.45) is 0 Å². The minimum atomic E-state index is -0.568. The number of fused-ring (bicyclic) bond motifs is 7. The maximum Gasteiger partial charge on any atom is 0.269 e. The van der Waals surface area contributed by atoms with Gasteiger partial charge in [-0.15, -0.1) is 0 Å². The van der Waals surface area contributed by atoms with Gasteiger partial charge in [0.25, 0.3) is 6.33 Å². The molecule has 14 rings (SSSR count). The summed E-state index contributed by atoms with van der Waals surface area (Å²) in [4.78, 5) is 0. The van der Waals surface area contributed by atoms with Crippen LogP contribution in [0.2, 0.25) is 0 Å². The quantitative estimate of drug-likeness (QED) is 0.105. The van der Waals surface area contributed by atoms with Crippen molar-refractivity contribution >= 4 is 54.6 Å². The van der Waals surface area contributed by atoms with E-state index in [2.05, 4.69) is 158 Å². The lowest BCUT2D eigenvalue weighted by atomic mass is 9.87. The van der Waals surface area contributed by atoms with Crippen molar-refractivity contribution in [3.05, 3.63) is 273 Å². The van der Waals surface area contributed by atoms with Crippen molar-refractivity contribution in [3.63, 3.8) is 0 Å². The molecule has 0 bridgehead atoms. The predicted molar refractivity (Wildman–Crippen MR) is 314 cm³/mol. The number of rotatable bonds is 9. The minimum Gasteiger partial charge on any atom is -0.458 e. The van der Waals surface area contributed by atoms with Crippen molar-refractivity contribution in [2.75, 3.05) is 0 Å². The number of benzene rings is 11. The number of ether oxygens (including phenoxy) is 1. The molecule has 11 aromatic carbocycles. The molecule has 0 aliphatic heterocycles. The van der Waals surface area contributed by atoms with E-state index in [1.54, 1.807) is 22.8 Å². The highest BCUT2D eigenvalue weighted by Gasteiger charge is 2.23. The summed E-state index contributed by atoms with van der Waals surface area (Å²) >= 11 is 0. The van der Waals surface area contributed by atoms with Gasteiger partial charge in [0, 0.05) is 44.5 Å². The first-order valence-corrected chi connectivity index (χ1v) is 25.3. The maximum absolute atomic E-state index is 9.11. The smallest absolute Gasteiger partial charge is 0.269 e. The lowest BCUT2D eigenvalue weighted by molar-refractivity contribution is -0.571. The first-order valence-electron chi connectivity index (χ1n) is 30.3. The largest absolute Gasteiger partial charge is 0.458 e. The summed E-state index contributed by atoms with van der Waals surface area (Å²) < 4.78 is 103. The van der Waals surface area contributed by atoms with Gasteiger partial charge in [0.15, 0.2) is 0 Å². The normalized spacial score (nSPS) is 13.7. The van der Waals surface area contributed by atoms with Crippen LogP contribution in [0.25, 0.3) is 111 Å². The Morgan fingerprint density at radius 3 is 1.80 bits per heavy atom. The van der Waals surface area contributed by atoms with E-state index in [1.807, 2.05) is 65.2 Å². The molecule has 0 radical (unpaired) electrons. The summed E-state index contributed by atoms with van der Waals surface area (Å²) in [6.07, 6.45) is 3.48. The van der Waals surface area contributed by atoms with E-state index >= 15 is 0 Å². The van der Waals surface area contributed by atoms with Crippen molar-refractivity contribution in [1.29, 1.82) is 0 Å². The molecule has 362 valence electrons. The highest BCUT2D eigenvalue weighted by Crippen LogP contribution is 2.43. The van der Waals surface area contributed by atoms with Crippen molar-refractivity contribution < 1.29 is 23.0 Å². The summed E-state index contributed by atoms with van der Waals surface area (Å²) in [6, 6.07) is 61.9. The monoisotopic (exact) mass is 986 g/mol. The molecule has 3 heterocycles. The fourth-order valence-electron chi connectivity index (χ4n) is 10.9. The van der Waals surface area contributed by atoms with Gasteiger partial charge in [-0.1, -0.05) is 203 Å². The number of imidazole rings is 1. The number of aromatic nitrogens is 4. The second-order valence-electron chi connectivity index (χ2n) is 20.0. The summed E-state index contributed by atoms with van der Waals surface area (Å²) in [5.74, 6) is 1.11. The van der Waals surface area contributed by atoms with Crippen molar-refractivity contribution in [1.82, 2.24) is 13.7 Å². The topological polar surface area (TPSA) is 27.9 Å². The molecule has 76 heavy (non-hydrogen) atoms. The predicted octanol–water partition coefficient (Wildman–Crippen LogP) is 18.0. The Morgan fingerprint density at radius 2 is 1.03 bits per heavy atom. The molecule has 14 aromatic rings. The fraction of sp³-hybridized carbons (Fsp3) is 0.0563. The first-order chi connectivity index (χ1) is 41.5. The Morgan fingerprint density at radius 1 is 0.421 bits per heavy atom. The standard InChI is InChI=1S/C71H52N4O/c1-71(2,3)51-25-17-29-54(44-51)74-65-42-39-50(59-34-20-35-62-60-31-13-14-36-64(60)75(70(59)62)52-26-11-6-12-27-52)43-63(65)61-41-40-56(46-68(61)74)76-55-30-18-28-53(45-55)72-47-73(67-38-16-15-37-66(67)72)69-57(48-21-7-4-8-22-48)32-19-33-58(69)49-23-9-5-10-24-49/h4-46H,1-3H3/i4D,5D,7D,8D,9D,10D,21D,22D,23D,24D. The third-order valence-electron chi connectivity index (χ3n) is 14.4. The van der Waals surface area contributed by atoms with Gasteiger partial charge in [-0.2, -0.15) is 0 Å². The third-order valence-corrected chi connectivity index (χ3v) is 14.4. The molecule has 5 heteroatoms. The molecule has 0 unspecified atom stereocenters. The molecule has 0 fully saturated rings. The summed E-state index contributed by atoms with van der Waals surface area (Å²) in [5, 5.41) is 4.49. The van der Waals surface area contributed by atoms with Crippen LogP contribution in [-0.2, 0) is 5.41 Å². The molecular weight excluding hydrogens is 925 g/mol. The van der Waals surface area contributed by atoms with Gasteiger partial charge in [-0.3, -0.25) is 9.13 Å². The van der Waals surface area contributed by atoms with Crippen LogP contribution in [0.4, 0.5) is 0 Å². The van der Waals surface area contributed by atoms with Gasteiger partial charge in [-0.25, -0.2) is 0 Å². The van der Waals surface area contributed by atoms with Gasteiger partial charge in [0.2, 0.25) is 0 Å². The highest BCUT2D eigenvalue weighted by atomic mass is 16.5. The Balaban J connectivity index is 0.921. The van der Waals surface area contributed by atoms with Crippen LogP contribution in [0.3, 0.4) is 0 Å². The van der Waals surface area contributed by atoms with Crippen LogP contribution in [0.1, 0.15) is 40.0 Å². The van der Waals surface area contributed by atoms with E-state index in [0.717, 1.165) is 55.3 Å². The number of para-hydroxylation sites is 6. The molecule has 0 spiro atoms. The van der Waals surface area contributed by atoms with E-state index < -0.39 is 60.4 Å². The van der Waals surface area contributed by atoms with Gasteiger partial charge in [0.1, 0.15) is 11.5 Å². The van der Waals surface area contributed by atoms with Gasteiger partial charge < -0.3 is 13.9 Å². The summed E-state index contributed by atoms with van der Waals surface area (Å²) in [7, 11) is 0. The number of nitrogens with zero attached hydrogens (tertiary/aromatic N) is 4. The van der Waals surface area contributed by atoms with Crippen LogP contribution in [0, 0.1) is 6.33 Å². The summed E-state index contributed by atoms with van der Waals surface area (Å²) in [5.41, 5.74) is 11.7. The average molecular weight is 987 g/mol. The second kappa shape index (κ2) is 18.0. The lowest BCUT2D eigenvalue weighted by Crippen LogP contribution is -2.31. The van der Waals surface area contributed by atoms with Crippen LogP contribution in [0.5, 0.6) is 11.5 Å². The molecule has 0 aliphatic carbocycles. The molecule has 5 nitrogen and oxygen atoms in total. The first kappa shape index (κ1) is 35.4. The molecule has 0 amide bonds. The molecule has 0 aliphatic rings. The fourth-order valence-corrected chi connectivity index (χ4v) is 10.9. The maximum atomic E-state index is 9.11. The zero-order chi connectivity index (χ0) is 59.6. The van der Waals surface area contributed by atoms with Crippen LogP contribution in [-0.4, -0.2) is 13.7 Å². The molecule has 0 N–H and O–H groups in total. The lowest BCUT2D eigenvalue weighted by Gasteiger charge is -2.20. The van der Waals surface area contributed by atoms with Gasteiger partial charge in [-0.05, 0) is 112 Å². The van der Waals surface area contributed by atoms with Crippen LogP contribution < -0.4 is 9.30 Å². The Labute approximate surface area is 456 Å². The van der Waals surface area contributed by atoms with E-state index in [0.29, 0.717) is 28.2 Å². The van der Waals surface area contributed by atoms with Crippen LogP contribution in [0.15, 0.2) is 261 Å². The number of hydrogen-bond donors (Lipinski definition) is 0. The third kappa shape index (κ3) is 7.58. The molecule has 0 atom stereocenters. The minimum absolute atomic E-state index is 0.112. The van der Waals surface area contributed by atoms with E-state index in [9.17, 15) is 0 Å². The SMILES string of the molecule is [2H]c1c([2H])c([2H])c(-c2cccc(-c3c([2H])c([2H])c([2H])c([2H])c3[2H])c2-[n+]2[c-]n(-c3cccc(Oc4ccc5c6cc(-c7cccc8c9ccccc9n(-c9ccccc9)c78)ccc6n(-c6cccc(C(C)(C)C)c6)c5c4)c3)c3ccccc32)c([2H])c1[2H]. The van der Waals surface area contributed by atoms with Gasteiger partial charge >= 0.3 is 0 Å². The number of hydrogen-bond acceptors (Lipinski definition) is 1. The second-order valence-corrected chi connectivity index (χ2v) is 20.0. The Hall–Kier alpha value is -9.71. The van der Waals surface area contributed by atoms with E-state index in [-0.39, 0.29) is 33.4 Å². The Kier molecular flexibility index (Phi) is 8.42. The van der Waals surface area contributed by atoms with Crippen molar-refractivity contribution in [2.45, 2.75) is 26.2 Å². The van der Waals surface area contributed by atoms with Crippen molar-refractivity contribution in [3.8, 4) is 67.6 Å². The summed E-state index contributed by atoms with van der Waals surface area (Å²) in [6.45, 7) is 6.66. The van der Waals surface area contributed by atoms with E-state index in [4.69, 9.17) is 18.4 Å². The molecule has 0 saturated carbocycles. The molecule has 0 saturated heterocycles. The zero-order valence-electron chi connectivity index (χ0n) is 51.7. The Bertz CT molecular complexity index is 5010.